The van der Waals surface area contributed by atoms with Gasteiger partial charge in [0.25, 0.3) is 0 Å². The Morgan fingerprint density at radius 1 is 1.21 bits per heavy atom. The van der Waals surface area contributed by atoms with Crippen molar-refractivity contribution in [2.75, 3.05) is 18.8 Å². The third-order valence-electron chi connectivity index (χ3n) is 7.88. The summed E-state index contributed by atoms with van der Waals surface area (Å²) in [5, 5.41) is 4.69. The van der Waals surface area contributed by atoms with Crippen molar-refractivity contribution in [2.45, 2.75) is 77.9 Å². The first-order chi connectivity index (χ1) is 20.0. The average molecular weight is 575 g/mol. The Balaban J connectivity index is 1.42. The van der Waals surface area contributed by atoms with Crippen LogP contribution in [0.25, 0.3) is 11.1 Å². The number of nitrogen functional groups attached to an aromatic ring is 1. The van der Waals surface area contributed by atoms with Crippen LogP contribution in [0.5, 0.6) is 0 Å². The van der Waals surface area contributed by atoms with E-state index < -0.39 is 5.60 Å². The maximum atomic E-state index is 14.4. The molecular weight excluding hydrogens is 535 g/mol. The summed E-state index contributed by atoms with van der Waals surface area (Å²) in [7, 11) is 0. The molecule has 1 aliphatic carbocycles. The molecule has 1 fully saturated rings. The van der Waals surface area contributed by atoms with Crippen molar-refractivity contribution < 1.29 is 18.8 Å². The summed E-state index contributed by atoms with van der Waals surface area (Å²) in [6.45, 7) is 10.7. The highest BCUT2D eigenvalue weighted by Gasteiger charge is 2.33. The fraction of sp³-hybridized carbons (Fsp3) is 0.469. The van der Waals surface area contributed by atoms with Crippen molar-refractivity contribution in [2.24, 2.45) is 11.1 Å². The van der Waals surface area contributed by atoms with Crippen molar-refractivity contribution in [1.29, 1.82) is 0 Å². The molecule has 5 rings (SSSR count). The molecule has 2 aromatic heterocycles. The highest BCUT2D eigenvalue weighted by molar-refractivity contribution is 6.03. The van der Waals surface area contributed by atoms with Crippen LogP contribution in [0.15, 0.2) is 47.9 Å². The number of ether oxygens (including phenoxy) is 1. The molecule has 2 N–H and O–H groups in total. The van der Waals surface area contributed by atoms with E-state index in [-0.39, 0.29) is 35.8 Å². The highest BCUT2D eigenvalue weighted by atomic mass is 19.1. The Hall–Kier alpha value is -4.08. The van der Waals surface area contributed by atoms with Crippen LogP contribution in [-0.4, -0.2) is 56.5 Å². The van der Waals surface area contributed by atoms with E-state index in [0.29, 0.717) is 25.9 Å². The topological polar surface area (TPSA) is 116 Å². The average Bonchev–Trinajstić information content (AvgIpc) is 2.95. The van der Waals surface area contributed by atoms with Crippen molar-refractivity contribution in [1.82, 2.24) is 19.9 Å². The molecule has 0 spiro atoms. The number of nitrogens with two attached hydrogens (primary N) is 1. The molecule has 3 unspecified atom stereocenters. The number of aryl methyl sites for hydroxylation is 1. The lowest BCUT2D eigenvalue weighted by Gasteiger charge is -2.35. The maximum Gasteiger partial charge on any atom is 0.410 e. The third-order valence-corrected chi connectivity index (χ3v) is 7.88. The first kappa shape index (κ1) is 29.4. The summed E-state index contributed by atoms with van der Waals surface area (Å²) in [4.78, 5) is 33.8. The number of oxime groups is 1. The second kappa shape index (κ2) is 12.0. The van der Waals surface area contributed by atoms with Gasteiger partial charge >= 0.3 is 6.09 Å². The minimum absolute atomic E-state index is 0.0444. The first-order valence-corrected chi connectivity index (χ1v) is 14.5. The second-order valence-corrected chi connectivity index (χ2v) is 12.2. The standard InChI is InChI=1S/C32H39FN6O3/c1-19-29-27(37-30(34)36-19)14-23(25-11-10-24(33)16-26(25)21-8-6-12-35-17-21)15-28(29)38-42-20(2)22-9-7-13-39(18-22)31(40)41-32(3,4)5/h6,8,10-12,16-17,20,22-23H,7,9,13-15,18H2,1-5H3,(H2,34,36,37)/b38-28+. The number of piperidine rings is 1. The molecule has 1 saturated heterocycles. The first-order valence-electron chi connectivity index (χ1n) is 14.5. The summed E-state index contributed by atoms with van der Waals surface area (Å²) < 4.78 is 20.0. The molecule has 1 aliphatic heterocycles. The number of hydrogen-bond acceptors (Lipinski definition) is 8. The number of halogens is 1. The Morgan fingerprint density at radius 2 is 2.02 bits per heavy atom. The molecule has 1 amide bonds. The smallest absolute Gasteiger partial charge is 0.410 e. The number of carbonyl (C=O) groups is 1. The second-order valence-electron chi connectivity index (χ2n) is 12.2. The van der Waals surface area contributed by atoms with E-state index >= 15 is 0 Å². The molecular formula is C32H39FN6O3. The number of rotatable bonds is 5. The fourth-order valence-electron chi connectivity index (χ4n) is 5.90. The zero-order valence-corrected chi connectivity index (χ0v) is 24.9. The molecule has 0 bridgehead atoms. The lowest BCUT2D eigenvalue weighted by Crippen LogP contribution is -2.45. The number of aromatic nitrogens is 3. The van der Waals surface area contributed by atoms with Gasteiger partial charge in [-0.3, -0.25) is 4.98 Å². The van der Waals surface area contributed by atoms with Gasteiger partial charge in [-0.15, -0.1) is 0 Å². The summed E-state index contributed by atoms with van der Waals surface area (Å²) in [6.07, 6.45) is 5.85. The van der Waals surface area contributed by atoms with Crippen LogP contribution in [0.1, 0.15) is 75.4 Å². The van der Waals surface area contributed by atoms with Crippen molar-refractivity contribution in [3.05, 3.63) is 71.1 Å². The molecule has 0 radical (unpaired) electrons. The number of benzene rings is 1. The van der Waals surface area contributed by atoms with Gasteiger partial charge in [0.2, 0.25) is 5.95 Å². The minimum atomic E-state index is -0.548. The molecule has 3 aromatic rings. The van der Waals surface area contributed by atoms with E-state index in [4.69, 9.17) is 15.3 Å². The zero-order valence-electron chi connectivity index (χ0n) is 24.9. The Morgan fingerprint density at radius 3 is 2.76 bits per heavy atom. The Labute approximate surface area is 246 Å². The predicted molar refractivity (Wildman–Crippen MR) is 159 cm³/mol. The van der Waals surface area contributed by atoms with E-state index in [9.17, 15) is 9.18 Å². The van der Waals surface area contributed by atoms with Gasteiger partial charge in [0.15, 0.2) is 0 Å². The number of anilines is 1. The molecule has 1 aromatic carbocycles. The number of nitrogens with zero attached hydrogens (tertiary/aromatic N) is 5. The third kappa shape index (κ3) is 6.69. The SMILES string of the molecule is Cc1nc(N)nc2c1/C(=N/OC(C)C1CCCN(C(=O)OC(C)(C)C)C1)CC(c1ccc(F)cc1-c1cccnc1)C2. The minimum Gasteiger partial charge on any atom is -0.444 e. The molecule has 3 heterocycles. The molecule has 42 heavy (non-hydrogen) atoms. The van der Waals surface area contributed by atoms with E-state index in [1.807, 2.05) is 52.8 Å². The lowest BCUT2D eigenvalue weighted by atomic mass is 9.78. The van der Waals surface area contributed by atoms with Gasteiger partial charge in [0, 0.05) is 48.9 Å². The number of pyridine rings is 1. The van der Waals surface area contributed by atoms with Crippen LogP contribution < -0.4 is 5.73 Å². The van der Waals surface area contributed by atoms with Crippen LogP contribution in [-0.2, 0) is 16.0 Å². The van der Waals surface area contributed by atoms with Crippen LogP contribution in [0.2, 0.25) is 0 Å². The molecule has 222 valence electrons. The van der Waals surface area contributed by atoms with Gasteiger partial charge < -0.3 is 20.2 Å². The number of likely N-dealkylation sites (tertiary alicyclic amines) is 1. The van der Waals surface area contributed by atoms with Crippen LogP contribution >= 0.6 is 0 Å². The molecule has 9 nitrogen and oxygen atoms in total. The lowest BCUT2D eigenvalue weighted by molar-refractivity contribution is -0.0153. The van der Waals surface area contributed by atoms with Gasteiger partial charge in [-0.05, 0) is 89.1 Å². The molecule has 0 saturated carbocycles. The monoisotopic (exact) mass is 574 g/mol. The molecule has 2 aliphatic rings. The van der Waals surface area contributed by atoms with Crippen LogP contribution in [0.3, 0.4) is 0 Å². The van der Waals surface area contributed by atoms with Crippen molar-refractivity contribution >= 4 is 17.8 Å². The largest absolute Gasteiger partial charge is 0.444 e. The van der Waals surface area contributed by atoms with Crippen LogP contribution in [0.4, 0.5) is 15.1 Å². The zero-order chi connectivity index (χ0) is 30.0. The number of carbonyl (C=O) groups excluding carboxylic acids is 1. The quantitative estimate of drug-likeness (QED) is 0.369. The molecule has 3 atom stereocenters. The van der Waals surface area contributed by atoms with Gasteiger partial charge in [-0.1, -0.05) is 17.3 Å². The summed E-state index contributed by atoms with van der Waals surface area (Å²) >= 11 is 0. The predicted octanol–water partition coefficient (Wildman–Crippen LogP) is 6.05. The number of hydrogen-bond donors (Lipinski definition) is 1. The van der Waals surface area contributed by atoms with Gasteiger partial charge in [0.1, 0.15) is 17.5 Å². The normalized spacial score (nSPS) is 20.6. The Kier molecular flexibility index (Phi) is 8.43. The van der Waals surface area contributed by atoms with E-state index in [0.717, 1.165) is 52.2 Å². The molecule has 10 heteroatoms. The number of amides is 1. The summed E-state index contributed by atoms with van der Waals surface area (Å²) in [5.41, 5.74) is 11.2. The Bertz CT molecular complexity index is 1470. The fourth-order valence-corrected chi connectivity index (χ4v) is 5.90. The van der Waals surface area contributed by atoms with Crippen LogP contribution in [0, 0.1) is 18.7 Å². The van der Waals surface area contributed by atoms with E-state index in [1.165, 1.54) is 6.07 Å². The summed E-state index contributed by atoms with van der Waals surface area (Å²) in [6, 6.07) is 8.64. The summed E-state index contributed by atoms with van der Waals surface area (Å²) in [5.74, 6) is -0.0451. The van der Waals surface area contributed by atoms with Gasteiger partial charge in [-0.25, -0.2) is 19.2 Å². The van der Waals surface area contributed by atoms with E-state index in [2.05, 4.69) is 20.1 Å². The van der Waals surface area contributed by atoms with E-state index in [1.54, 1.807) is 23.4 Å². The van der Waals surface area contributed by atoms with Crippen molar-refractivity contribution in [3.63, 3.8) is 0 Å². The van der Waals surface area contributed by atoms with Crippen molar-refractivity contribution in [3.8, 4) is 11.1 Å². The highest BCUT2D eigenvalue weighted by Crippen LogP contribution is 2.39. The maximum absolute atomic E-state index is 14.4. The van der Waals surface area contributed by atoms with Gasteiger partial charge in [-0.2, -0.15) is 0 Å². The van der Waals surface area contributed by atoms with Gasteiger partial charge in [0.05, 0.1) is 17.1 Å². The number of fused-ring (bicyclic) bond motifs is 1.